The SMILES string of the molecule is Cc1ccc(-n2nc(CCC(=O)Cl)c(=O)cc2C)cc1C. The van der Waals surface area contributed by atoms with E-state index < -0.39 is 5.24 Å². The molecule has 110 valence electrons. The van der Waals surface area contributed by atoms with Gasteiger partial charge in [-0.1, -0.05) is 6.07 Å². The Morgan fingerprint density at radius 2 is 1.90 bits per heavy atom. The molecule has 0 bridgehead atoms. The minimum atomic E-state index is -0.463. The summed E-state index contributed by atoms with van der Waals surface area (Å²) in [6.07, 6.45) is 0.367. The highest BCUT2D eigenvalue weighted by molar-refractivity contribution is 6.63. The van der Waals surface area contributed by atoms with Crippen molar-refractivity contribution in [3.63, 3.8) is 0 Å². The van der Waals surface area contributed by atoms with Crippen molar-refractivity contribution >= 4 is 16.8 Å². The van der Waals surface area contributed by atoms with Crippen LogP contribution in [-0.2, 0) is 11.2 Å². The van der Waals surface area contributed by atoms with Gasteiger partial charge in [-0.05, 0) is 55.6 Å². The lowest BCUT2D eigenvalue weighted by atomic mass is 10.1. The van der Waals surface area contributed by atoms with Crippen molar-refractivity contribution in [2.75, 3.05) is 0 Å². The fraction of sp³-hybridized carbons (Fsp3) is 0.312. The molecule has 0 aliphatic rings. The van der Waals surface area contributed by atoms with Crippen LogP contribution >= 0.6 is 11.6 Å². The van der Waals surface area contributed by atoms with Crippen LogP contribution < -0.4 is 5.43 Å². The van der Waals surface area contributed by atoms with E-state index in [-0.39, 0.29) is 18.3 Å². The number of hydrogen-bond donors (Lipinski definition) is 0. The van der Waals surface area contributed by atoms with Gasteiger partial charge in [0, 0.05) is 24.6 Å². The smallest absolute Gasteiger partial charge is 0.222 e. The summed E-state index contributed by atoms with van der Waals surface area (Å²) in [7, 11) is 0. The van der Waals surface area contributed by atoms with Crippen molar-refractivity contribution in [2.24, 2.45) is 0 Å². The number of aryl methyl sites for hydroxylation is 4. The topological polar surface area (TPSA) is 52.0 Å². The average molecular weight is 305 g/mol. The summed E-state index contributed by atoms with van der Waals surface area (Å²) in [4.78, 5) is 22.8. The first-order chi connectivity index (χ1) is 9.88. The zero-order valence-corrected chi connectivity index (χ0v) is 13.1. The highest BCUT2D eigenvalue weighted by Gasteiger charge is 2.09. The molecule has 0 unspecified atom stereocenters. The Bertz CT molecular complexity index is 750. The second-order valence-electron chi connectivity index (χ2n) is 5.13. The van der Waals surface area contributed by atoms with E-state index in [1.165, 1.54) is 11.6 Å². The lowest BCUT2D eigenvalue weighted by Crippen LogP contribution is -2.19. The molecule has 0 fully saturated rings. The second-order valence-corrected chi connectivity index (χ2v) is 5.55. The van der Waals surface area contributed by atoms with Gasteiger partial charge >= 0.3 is 0 Å². The first-order valence-corrected chi connectivity index (χ1v) is 7.12. The Morgan fingerprint density at radius 3 is 2.52 bits per heavy atom. The number of carbonyl (C=O) groups is 1. The predicted octanol–water partition coefficient (Wildman–Crippen LogP) is 2.86. The van der Waals surface area contributed by atoms with Crippen molar-refractivity contribution in [2.45, 2.75) is 33.6 Å². The fourth-order valence-corrected chi connectivity index (χ4v) is 2.19. The molecule has 0 aliphatic carbocycles. The van der Waals surface area contributed by atoms with Crippen LogP contribution in [0, 0.1) is 20.8 Å². The van der Waals surface area contributed by atoms with Crippen LogP contribution in [-0.4, -0.2) is 15.0 Å². The van der Waals surface area contributed by atoms with Gasteiger partial charge in [0.15, 0.2) is 0 Å². The Hall–Kier alpha value is -1.94. The van der Waals surface area contributed by atoms with Crippen LogP contribution in [0.3, 0.4) is 0 Å². The predicted molar refractivity (Wildman–Crippen MR) is 83.2 cm³/mol. The van der Waals surface area contributed by atoms with E-state index in [1.54, 1.807) is 4.68 Å². The van der Waals surface area contributed by atoms with E-state index in [2.05, 4.69) is 5.10 Å². The van der Waals surface area contributed by atoms with E-state index in [1.807, 2.05) is 39.0 Å². The van der Waals surface area contributed by atoms with E-state index >= 15 is 0 Å². The highest BCUT2D eigenvalue weighted by atomic mass is 35.5. The summed E-state index contributed by atoms with van der Waals surface area (Å²) in [6.45, 7) is 5.91. The van der Waals surface area contributed by atoms with Crippen molar-refractivity contribution in [1.29, 1.82) is 0 Å². The van der Waals surface area contributed by atoms with Gasteiger partial charge in [0.25, 0.3) is 0 Å². The molecule has 0 saturated heterocycles. The summed E-state index contributed by atoms with van der Waals surface area (Å²) in [5.74, 6) is 0. The third kappa shape index (κ3) is 3.58. The largest absolute Gasteiger partial charge is 0.288 e. The van der Waals surface area contributed by atoms with E-state index in [0.29, 0.717) is 5.69 Å². The Morgan fingerprint density at radius 1 is 1.19 bits per heavy atom. The molecule has 21 heavy (non-hydrogen) atoms. The molecule has 4 nitrogen and oxygen atoms in total. The van der Waals surface area contributed by atoms with Crippen molar-refractivity contribution in [1.82, 2.24) is 9.78 Å². The lowest BCUT2D eigenvalue weighted by molar-refractivity contribution is -0.111. The zero-order valence-electron chi connectivity index (χ0n) is 12.3. The van der Waals surface area contributed by atoms with Gasteiger partial charge in [-0.15, -0.1) is 0 Å². The molecule has 0 atom stereocenters. The van der Waals surface area contributed by atoms with Crippen molar-refractivity contribution < 1.29 is 4.79 Å². The Balaban J connectivity index is 2.47. The number of carbonyl (C=O) groups excluding carboxylic acids is 1. The molecule has 2 aromatic rings. The van der Waals surface area contributed by atoms with E-state index in [0.717, 1.165) is 16.9 Å². The Kier molecular flexibility index (Phi) is 4.58. The molecule has 2 rings (SSSR count). The van der Waals surface area contributed by atoms with Crippen LogP contribution in [0.25, 0.3) is 5.69 Å². The highest BCUT2D eigenvalue weighted by Crippen LogP contribution is 2.14. The number of hydrogen-bond acceptors (Lipinski definition) is 3. The van der Waals surface area contributed by atoms with Crippen LogP contribution in [0.2, 0.25) is 0 Å². The van der Waals surface area contributed by atoms with E-state index in [9.17, 15) is 9.59 Å². The Labute approximate surface area is 128 Å². The van der Waals surface area contributed by atoms with Crippen molar-refractivity contribution in [3.8, 4) is 5.69 Å². The fourth-order valence-electron chi connectivity index (χ4n) is 2.09. The number of rotatable bonds is 4. The maximum Gasteiger partial charge on any atom is 0.222 e. The van der Waals surface area contributed by atoms with E-state index in [4.69, 9.17) is 11.6 Å². The van der Waals surface area contributed by atoms with Crippen LogP contribution in [0.4, 0.5) is 0 Å². The average Bonchev–Trinajstić information content (AvgIpc) is 2.41. The molecule has 1 heterocycles. The number of halogens is 1. The van der Waals surface area contributed by atoms with Crippen LogP contribution in [0.1, 0.15) is 28.9 Å². The number of benzene rings is 1. The number of nitrogens with zero attached hydrogens (tertiary/aromatic N) is 2. The molecule has 0 spiro atoms. The molecule has 0 amide bonds. The molecule has 0 N–H and O–H groups in total. The van der Waals surface area contributed by atoms with Crippen LogP contribution in [0.15, 0.2) is 29.1 Å². The first-order valence-electron chi connectivity index (χ1n) is 6.74. The first kappa shape index (κ1) is 15.4. The van der Waals surface area contributed by atoms with Gasteiger partial charge in [0.2, 0.25) is 10.7 Å². The van der Waals surface area contributed by atoms with Gasteiger partial charge in [-0.2, -0.15) is 5.10 Å². The van der Waals surface area contributed by atoms with Gasteiger partial charge in [-0.3, -0.25) is 9.59 Å². The molecular weight excluding hydrogens is 288 g/mol. The number of aromatic nitrogens is 2. The summed E-state index contributed by atoms with van der Waals surface area (Å²) in [5, 5.41) is 3.91. The molecule has 1 aromatic heterocycles. The van der Waals surface area contributed by atoms with Crippen molar-refractivity contribution in [3.05, 3.63) is 57.0 Å². The minimum absolute atomic E-state index is 0.111. The lowest BCUT2D eigenvalue weighted by Gasteiger charge is -2.12. The van der Waals surface area contributed by atoms with Gasteiger partial charge in [0.1, 0.15) is 5.69 Å². The normalized spacial score (nSPS) is 10.7. The summed E-state index contributed by atoms with van der Waals surface area (Å²) in [6, 6.07) is 7.54. The maximum absolute atomic E-state index is 11.9. The van der Waals surface area contributed by atoms with Gasteiger partial charge in [0.05, 0.1) is 5.69 Å². The monoisotopic (exact) mass is 304 g/mol. The molecule has 0 aliphatic heterocycles. The summed E-state index contributed by atoms with van der Waals surface area (Å²) >= 11 is 5.33. The molecule has 0 saturated carbocycles. The third-order valence-electron chi connectivity index (χ3n) is 3.47. The molecule has 5 heteroatoms. The standard InChI is InChI=1S/C16H17ClN2O2/c1-10-4-5-13(8-11(10)2)19-12(3)9-15(20)14(18-19)6-7-16(17)21/h4-5,8-9H,6-7H2,1-3H3. The quantitative estimate of drug-likeness (QED) is 0.816. The second kappa shape index (κ2) is 6.22. The molecular formula is C16H17ClN2O2. The maximum atomic E-state index is 11.9. The molecule has 1 aromatic carbocycles. The molecule has 0 radical (unpaired) electrons. The zero-order chi connectivity index (χ0) is 15.6. The summed E-state index contributed by atoms with van der Waals surface area (Å²) in [5.41, 5.74) is 4.20. The van der Waals surface area contributed by atoms with Crippen LogP contribution in [0.5, 0.6) is 0 Å². The van der Waals surface area contributed by atoms with Gasteiger partial charge in [-0.25, -0.2) is 4.68 Å². The summed E-state index contributed by atoms with van der Waals surface area (Å²) < 4.78 is 1.72. The minimum Gasteiger partial charge on any atom is -0.288 e. The van der Waals surface area contributed by atoms with Gasteiger partial charge < -0.3 is 0 Å². The third-order valence-corrected chi connectivity index (χ3v) is 3.66.